The van der Waals surface area contributed by atoms with Gasteiger partial charge in [0.1, 0.15) is 17.5 Å². The van der Waals surface area contributed by atoms with Crippen LogP contribution in [0.25, 0.3) is 0 Å². The van der Waals surface area contributed by atoms with Gasteiger partial charge in [-0.15, -0.1) is 0 Å². The first-order chi connectivity index (χ1) is 10.2. The molecule has 6 heteroatoms. The molecule has 2 rings (SSSR count). The normalized spacial score (nSPS) is 15.6. The van der Waals surface area contributed by atoms with Crippen LogP contribution in [0.5, 0.6) is 0 Å². The summed E-state index contributed by atoms with van der Waals surface area (Å²) in [7, 11) is 0. The van der Waals surface area contributed by atoms with Gasteiger partial charge in [0.2, 0.25) is 5.91 Å². The van der Waals surface area contributed by atoms with Gasteiger partial charge in [-0.2, -0.15) is 0 Å². The minimum atomic E-state index is 0.115. The molecule has 2 heterocycles. The first-order valence-corrected chi connectivity index (χ1v) is 7.78. The molecule has 1 aromatic heterocycles. The van der Waals surface area contributed by atoms with Gasteiger partial charge in [-0.25, -0.2) is 9.97 Å². The van der Waals surface area contributed by atoms with Crippen molar-refractivity contribution in [2.75, 3.05) is 36.4 Å². The number of hydrogen-bond acceptors (Lipinski definition) is 5. The Hall–Kier alpha value is -1.85. The smallest absolute Gasteiger partial charge is 0.221 e. The number of carbonyl (C=O) groups is 1. The van der Waals surface area contributed by atoms with Gasteiger partial charge in [-0.1, -0.05) is 13.8 Å². The Bertz CT molecular complexity index is 503. The van der Waals surface area contributed by atoms with E-state index < -0.39 is 0 Å². The van der Waals surface area contributed by atoms with Gasteiger partial charge >= 0.3 is 0 Å². The SMILES string of the molecule is CCCNc1nc(CC)nc(N2CCNC(=O)CC2)c1C. The van der Waals surface area contributed by atoms with Gasteiger partial charge in [-0.05, 0) is 13.3 Å². The van der Waals surface area contributed by atoms with E-state index in [0.29, 0.717) is 19.5 Å². The number of amides is 1. The van der Waals surface area contributed by atoms with Crippen LogP contribution in [0.15, 0.2) is 0 Å². The fraction of sp³-hybridized carbons (Fsp3) is 0.667. The molecule has 21 heavy (non-hydrogen) atoms. The minimum Gasteiger partial charge on any atom is -0.370 e. The molecule has 116 valence electrons. The Morgan fingerprint density at radius 3 is 2.81 bits per heavy atom. The summed E-state index contributed by atoms with van der Waals surface area (Å²) in [4.78, 5) is 23.0. The van der Waals surface area contributed by atoms with Gasteiger partial charge in [-0.3, -0.25) is 4.79 Å². The number of rotatable bonds is 5. The van der Waals surface area contributed by atoms with Gasteiger partial charge in [0.15, 0.2) is 0 Å². The van der Waals surface area contributed by atoms with Crippen molar-refractivity contribution < 1.29 is 4.79 Å². The molecule has 2 N–H and O–H groups in total. The van der Waals surface area contributed by atoms with E-state index in [1.165, 1.54) is 0 Å². The quantitative estimate of drug-likeness (QED) is 0.860. The van der Waals surface area contributed by atoms with Crippen LogP contribution in [0.1, 0.15) is 38.1 Å². The number of aromatic nitrogens is 2. The van der Waals surface area contributed by atoms with Crippen LogP contribution in [-0.4, -0.2) is 42.1 Å². The maximum atomic E-state index is 11.5. The van der Waals surface area contributed by atoms with Gasteiger partial charge in [0.05, 0.1) is 0 Å². The van der Waals surface area contributed by atoms with E-state index in [0.717, 1.165) is 49.0 Å². The minimum absolute atomic E-state index is 0.115. The molecule has 1 amide bonds. The zero-order valence-corrected chi connectivity index (χ0v) is 13.2. The highest BCUT2D eigenvalue weighted by Crippen LogP contribution is 2.24. The summed E-state index contributed by atoms with van der Waals surface area (Å²) < 4.78 is 0. The molecule has 0 aromatic carbocycles. The topological polar surface area (TPSA) is 70.2 Å². The van der Waals surface area contributed by atoms with Crippen LogP contribution in [-0.2, 0) is 11.2 Å². The van der Waals surface area contributed by atoms with Crippen molar-refractivity contribution in [3.63, 3.8) is 0 Å². The second kappa shape index (κ2) is 7.24. The van der Waals surface area contributed by atoms with E-state index in [9.17, 15) is 4.79 Å². The Kier molecular flexibility index (Phi) is 5.36. The van der Waals surface area contributed by atoms with E-state index in [1.54, 1.807) is 0 Å². The van der Waals surface area contributed by atoms with Crippen LogP contribution >= 0.6 is 0 Å². The maximum absolute atomic E-state index is 11.5. The third-order valence-corrected chi connectivity index (χ3v) is 3.64. The van der Waals surface area contributed by atoms with Crippen molar-refractivity contribution in [2.45, 2.75) is 40.0 Å². The van der Waals surface area contributed by atoms with Crippen LogP contribution in [0.3, 0.4) is 0 Å². The van der Waals surface area contributed by atoms with E-state index in [2.05, 4.69) is 39.3 Å². The number of aryl methyl sites for hydroxylation is 1. The van der Waals surface area contributed by atoms with Crippen molar-refractivity contribution in [1.29, 1.82) is 0 Å². The molecular weight excluding hydrogens is 266 g/mol. The average Bonchev–Trinajstić information content (AvgIpc) is 2.71. The third kappa shape index (κ3) is 3.83. The average molecular weight is 291 g/mol. The molecule has 0 unspecified atom stereocenters. The predicted molar refractivity (Wildman–Crippen MR) is 84.8 cm³/mol. The van der Waals surface area contributed by atoms with E-state index >= 15 is 0 Å². The number of nitrogens with zero attached hydrogens (tertiary/aromatic N) is 3. The molecule has 1 fully saturated rings. The zero-order valence-electron chi connectivity index (χ0n) is 13.2. The lowest BCUT2D eigenvalue weighted by atomic mass is 10.2. The number of hydrogen-bond donors (Lipinski definition) is 2. The van der Waals surface area contributed by atoms with Gasteiger partial charge in [0, 0.05) is 44.6 Å². The summed E-state index contributed by atoms with van der Waals surface area (Å²) in [5, 5.41) is 6.28. The summed E-state index contributed by atoms with van der Waals surface area (Å²) in [5.74, 6) is 2.83. The Morgan fingerprint density at radius 1 is 1.29 bits per heavy atom. The van der Waals surface area contributed by atoms with Gasteiger partial charge in [0.25, 0.3) is 0 Å². The molecule has 0 spiro atoms. The Labute approximate surface area is 126 Å². The summed E-state index contributed by atoms with van der Waals surface area (Å²) in [6.07, 6.45) is 2.38. The molecule has 6 nitrogen and oxygen atoms in total. The number of nitrogens with one attached hydrogen (secondary N) is 2. The lowest BCUT2D eigenvalue weighted by Crippen LogP contribution is -2.30. The second-order valence-electron chi connectivity index (χ2n) is 5.30. The first-order valence-electron chi connectivity index (χ1n) is 7.78. The van der Waals surface area contributed by atoms with E-state index in [1.807, 2.05) is 6.92 Å². The van der Waals surface area contributed by atoms with Crippen LogP contribution in [0, 0.1) is 6.92 Å². The highest BCUT2D eigenvalue weighted by atomic mass is 16.1. The van der Waals surface area contributed by atoms with Crippen molar-refractivity contribution in [2.24, 2.45) is 0 Å². The molecule has 1 aliphatic heterocycles. The zero-order chi connectivity index (χ0) is 15.2. The largest absolute Gasteiger partial charge is 0.370 e. The van der Waals surface area contributed by atoms with Gasteiger partial charge < -0.3 is 15.5 Å². The number of anilines is 2. The molecule has 0 bridgehead atoms. The fourth-order valence-electron chi connectivity index (χ4n) is 2.41. The second-order valence-corrected chi connectivity index (χ2v) is 5.30. The highest BCUT2D eigenvalue weighted by Gasteiger charge is 2.19. The van der Waals surface area contributed by atoms with E-state index in [-0.39, 0.29) is 5.91 Å². The molecule has 1 aromatic rings. The molecule has 0 atom stereocenters. The Morgan fingerprint density at radius 2 is 2.10 bits per heavy atom. The lowest BCUT2D eigenvalue weighted by molar-refractivity contribution is -0.120. The molecule has 0 aliphatic carbocycles. The molecule has 0 saturated carbocycles. The molecule has 1 saturated heterocycles. The van der Waals surface area contributed by atoms with Crippen molar-refractivity contribution in [3.8, 4) is 0 Å². The molecular formula is C15H25N5O. The third-order valence-electron chi connectivity index (χ3n) is 3.64. The summed E-state index contributed by atoms with van der Waals surface area (Å²) in [5.41, 5.74) is 1.06. The van der Waals surface area contributed by atoms with Crippen molar-refractivity contribution in [3.05, 3.63) is 11.4 Å². The highest BCUT2D eigenvalue weighted by molar-refractivity contribution is 5.77. The number of carbonyl (C=O) groups excluding carboxylic acids is 1. The van der Waals surface area contributed by atoms with Crippen molar-refractivity contribution in [1.82, 2.24) is 15.3 Å². The fourth-order valence-corrected chi connectivity index (χ4v) is 2.41. The Balaban J connectivity index is 2.29. The summed E-state index contributed by atoms with van der Waals surface area (Å²) >= 11 is 0. The predicted octanol–water partition coefficient (Wildman–Crippen LogP) is 1.50. The summed E-state index contributed by atoms with van der Waals surface area (Å²) in [6, 6.07) is 0. The first kappa shape index (κ1) is 15.5. The lowest BCUT2D eigenvalue weighted by Gasteiger charge is -2.24. The van der Waals surface area contributed by atoms with Crippen LogP contribution in [0.4, 0.5) is 11.6 Å². The van der Waals surface area contributed by atoms with Crippen molar-refractivity contribution >= 4 is 17.5 Å². The molecule has 1 aliphatic rings. The molecule has 0 radical (unpaired) electrons. The van der Waals surface area contributed by atoms with Crippen LogP contribution in [0.2, 0.25) is 0 Å². The standard InChI is InChI=1S/C15H25N5O/c1-4-7-17-14-11(3)15(19-12(5-2)18-14)20-9-6-13(21)16-8-10-20/h4-10H2,1-3H3,(H,16,21)(H,17,18,19). The summed E-state index contributed by atoms with van der Waals surface area (Å²) in [6.45, 7) is 9.32. The van der Waals surface area contributed by atoms with Crippen LogP contribution < -0.4 is 15.5 Å². The maximum Gasteiger partial charge on any atom is 0.221 e. The van der Waals surface area contributed by atoms with E-state index in [4.69, 9.17) is 0 Å². The monoisotopic (exact) mass is 291 g/mol.